The first-order chi connectivity index (χ1) is 9.13. The SMILES string of the molecule is Cc1ccc(CS(=O)(=O)N(C)CC(C)C(=O)O)c(F)c1. The van der Waals surface area contributed by atoms with Crippen LogP contribution in [0.15, 0.2) is 18.2 Å². The van der Waals surface area contributed by atoms with E-state index in [1.165, 1.54) is 26.1 Å². The van der Waals surface area contributed by atoms with E-state index in [2.05, 4.69) is 0 Å². The number of aryl methyl sites for hydroxylation is 1. The fourth-order valence-electron chi connectivity index (χ4n) is 1.65. The molecule has 0 fully saturated rings. The predicted molar refractivity (Wildman–Crippen MR) is 73.2 cm³/mol. The lowest BCUT2D eigenvalue weighted by Crippen LogP contribution is -2.34. The number of hydrogen-bond acceptors (Lipinski definition) is 3. The van der Waals surface area contributed by atoms with Gasteiger partial charge in [-0.25, -0.2) is 17.1 Å². The van der Waals surface area contributed by atoms with Gasteiger partial charge in [0.2, 0.25) is 10.0 Å². The van der Waals surface area contributed by atoms with Crippen LogP contribution in [-0.4, -0.2) is 37.4 Å². The third-order valence-electron chi connectivity index (χ3n) is 2.97. The zero-order chi connectivity index (χ0) is 15.5. The lowest BCUT2D eigenvalue weighted by molar-refractivity contribution is -0.141. The second-order valence-electron chi connectivity index (χ2n) is 4.87. The molecular formula is C13H18FNO4S. The van der Waals surface area contributed by atoms with Crippen molar-refractivity contribution in [1.29, 1.82) is 0 Å². The molecule has 0 amide bonds. The maximum atomic E-state index is 13.7. The number of aliphatic carboxylic acids is 1. The predicted octanol–water partition coefficient (Wildman–Crippen LogP) is 1.62. The summed E-state index contributed by atoms with van der Waals surface area (Å²) in [5.74, 6) is -2.96. The summed E-state index contributed by atoms with van der Waals surface area (Å²) in [5.41, 5.74) is 0.780. The highest BCUT2D eigenvalue weighted by Gasteiger charge is 2.24. The standard InChI is InChI=1S/C13H18FNO4S/c1-9-4-5-11(12(14)6-9)8-20(18,19)15(3)7-10(2)13(16)17/h4-6,10H,7-8H2,1-3H3,(H,16,17). The quantitative estimate of drug-likeness (QED) is 0.866. The molecule has 1 unspecified atom stereocenters. The number of benzene rings is 1. The van der Waals surface area contributed by atoms with E-state index in [0.29, 0.717) is 5.56 Å². The first kappa shape index (κ1) is 16.6. The van der Waals surface area contributed by atoms with Crippen molar-refractivity contribution >= 4 is 16.0 Å². The van der Waals surface area contributed by atoms with Crippen LogP contribution in [0.2, 0.25) is 0 Å². The van der Waals surface area contributed by atoms with Gasteiger partial charge in [-0.3, -0.25) is 4.79 Å². The van der Waals surface area contributed by atoms with E-state index >= 15 is 0 Å². The number of halogens is 1. The fraction of sp³-hybridized carbons (Fsp3) is 0.462. The van der Waals surface area contributed by atoms with E-state index in [1.54, 1.807) is 13.0 Å². The van der Waals surface area contributed by atoms with Crippen molar-refractivity contribution in [1.82, 2.24) is 4.31 Å². The molecule has 0 aromatic heterocycles. The molecule has 0 radical (unpaired) electrons. The Morgan fingerprint density at radius 3 is 2.55 bits per heavy atom. The number of sulfonamides is 1. The van der Waals surface area contributed by atoms with Crippen molar-refractivity contribution in [3.05, 3.63) is 35.1 Å². The minimum Gasteiger partial charge on any atom is -0.481 e. The first-order valence-electron chi connectivity index (χ1n) is 6.05. The summed E-state index contributed by atoms with van der Waals surface area (Å²) >= 11 is 0. The summed E-state index contributed by atoms with van der Waals surface area (Å²) in [4.78, 5) is 10.7. The molecule has 1 aromatic rings. The van der Waals surface area contributed by atoms with E-state index in [0.717, 1.165) is 4.31 Å². The second-order valence-corrected chi connectivity index (χ2v) is 6.95. The van der Waals surface area contributed by atoms with Gasteiger partial charge in [-0.05, 0) is 18.6 Å². The van der Waals surface area contributed by atoms with Crippen LogP contribution < -0.4 is 0 Å². The number of nitrogens with zero attached hydrogens (tertiary/aromatic N) is 1. The van der Waals surface area contributed by atoms with Gasteiger partial charge < -0.3 is 5.11 Å². The molecule has 0 bridgehead atoms. The average Bonchev–Trinajstić information content (AvgIpc) is 2.32. The zero-order valence-corrected chi connectivity index (χ0v) is 12.4. The summed E-state index contributed by atoms with van der Waals surface area (Å²) in [7, 11) is -2.45. The van der Waals surface area contributed by atoms with Crippen molar-refractivity contribution < 1.29 is 22.7 Å². The van der Waals surface area contributed by atoms with E-state index in [-0.39, 0.29) is 12.1 Å². The van der Waals surface area contributed by atoms with E-state index in [4.69, 9.17) is 5.11 Å². The molecule has 1 atom stereocenters. The third kappa shape index (κ3) is 4.28. The van der Waals surface area contributed by atoms with Gasteiger partial charge in [0.1, 0.15) is 5.82 Å². The Balaban J connectivity index is 2.86. The molecule has 5 nitrogen and oxygen atoms in total. The van der Waals surface area contributed by atoms with Gasteiger partial charge in [0.05, 0.1) is 11.7 Å². The molecule has 1 aromatic carbocycles. The molecule has 0 aliphatic rings. The van der Waals surface area contributed by atoms with E-state index in [9.17, 15) is 17.6 Å². The van der Waals surface area contributed by atoms with Crippen LogP contribution in [0.4, 0.5) is 4.39 Å². The molecule has 1 N–H and O–H groups in total. The Kier molecular flexibility index (Phi) is 5.24. The maximum absolute atomic E-state index is 13.7. The molecular weight excluding hydrogens is 285 g/mol. The highest BCUT2D eigenvalue weighted by atomic mass is 32.2. The molecule has 112 valence electrons. The van der Waals surface area contributed by atoms with Gasteiger partial charge in [-0.2, -0.15) is 0 Å². The molecule has 0 heterocycles. The van der Waals surface area contributed by atoms with E-state index < -0.39 is 33.5 Å². The summed E-state index contributed by atoms with van der Waals surface area (Å²) < 4.78 is 38.7. The Labute approximate surface area is 118 Å². The number of carbonyl (C=O) groups is 1. The summed E-state index contributed by atoms with van der Waals surface area (Å²) in [5, 5.41) is 8.78. The Bertz CT molecular complexity index is 600. The molecule has 0 aliphatic carbocycles. The minimum atomic E-state index is -3.75. The molecule has 20 heavy (non-hydrogen) atoms. The van der Waals surface area contributed by atoms with Crippen molar-refractivity contribution in [2.75, 3.05) is 13.6 Å². The fourth-order valence-corrected chi connectivity index (χ4v) is 2.95. The number of carboxylic acids is 1. The van der Waals surface area contributed by atoms with Gasteiger partial charge in [0, 0.05) is 19.2 Å². The molecule has 7 heteroatoms. The molecule has 0 saturated carbocycles. The van der Waals surface area contributed by atoms with Gasteiger partial charge in [0.15, 0.2) is 0 Å². The summed E-state index contributed by atoms with van der Waals surface area (Å²) in [6.45, 7) is 2.98. The van der Waals surface area contributed by atoms with Crippen LogP contribution in [0, 0.1) is 18.7 Å². The summed E-state index contributed by atoms with van der Waals surface area (Å²) in [6.07, 6.45) is 0. The smallest absolute Gasteiger partial charge is 0.307 e. The van der Waals surface area contributed by atoms with E-state index in [1.807, 2.05) is 0 Å². The maximum Gasteiger partial charge on any atom is 0.307 e. The monoisotopic (exact) mass is 303 g/mol. The highest BCUT2D eigenvalue weighted by molar-refractivity contribution is 7.88. The zero-order valence-electron chi connectivity index (χ0n) is 11.6. The normalized spacial score (nSPS) is 13.4. The van der Waals surface area contributed by atoms with Crippen LogP contribution in [0.25, 0.3) is 0 Å². The van der Waals surface area contributed by atoms with Crippen molar-refractivity contribution in [2.45, 2.75) is 19.6 Å². The minimum absolute atomic E-state index is 0.0745. The average molecular weight is 303 g/mol. The van der Waals surface area contributed by atoms with Crippen molar-refractivity contribution in [3.8, 4) is 0 Å². The van der Waals surface area contributed by atoms with Gasteiger partial charge in [0.25, 0.3) is 0 Å². The number of carboxylic acid groups (broad SMARTS) is 1. The topological polar surface area (TPSA) is 74.7 Å². The Morgan fingerprint density at radius 2 is 2.05 bits per heavy atom. The first-order valence-corrected chi connectivity index (χ1v) is 7.66. The molecule has 0 aliphatic heterocycles. The highest BCUT2D eigenvalue weighted by Crippen LogP contribution is 2.16. The molecule has 0 saturated heterocycles. The number of hydrogen-bond donors (Lipinski definition) is 1. The second kappa shape index (κ2) is 6.32. The van der Waals surface area contributed by atoms with Gasteiger partial charge in [-0.15, -0.1) is 0 Å². The van der Waals surface area contributed by atoms with Crippen LogP contribution in [0.5, 0.6) is 0 Å². The lowest BCUT2D eigenvalue weighted by Gasteiger charge is -2.19. The molecule has 0 spiro atoms. The van der Waals surface area contributed by atoms with Crippen LogP contribution >= 0.6 is 0 Å². The molecule has 1 rings (SSSR count). The summed E-state index contributed by atoms with van der Waals surface area (Å²) in [6, 6.07) is 4.33. The van der Waals surface area contributed by atoms with Crippen molar-refractivity contribution in [2.24, 2.45) is 5.92 Å². The van der Waals surface area contributed by atoms with Crippen LogP contribution in [0.3, 0.4) is 0 Å². The van der Waals surface area contributed by atoms with Gasteiger partial charge in [-0.1, -0.05) is 19.1 Å². The third-order valence-corrected chi connectivity index (χ3v) is 4.75. The number of rotatable bonds is 6. The Hall–Kier alpha value is -1.47. The van der Waals surface area contributed by atoms with Crippen LogP contribution in [0.1, 0.15) is 18.1 Å². The largest absolute Gasteiger partial charge is 0.481 e. The van der Waals surface area contributed by atoms with Crippen molar-refractivity contribution in [3.63, 3.8) is 0 Å². The Morgan fingerprint density at radius 1 is 1.45 bits per heavy atom. The lowest BCUT2D eigenvalue weighted by atomic mass is 10.2. The van der Waals surface area contributed by atoms with Gasteiger partial charge >= 0.3 is 5.97 Å². The van der Waals surface area contributed by atoms with Crippen LogP contribution in [-0.2, 0) is 20.6 Å².